The van der Waals surface area contributed by atoms with Crippen molar-refractivity contribution in [3.63, 3.8) is 0 Å². The molecule has 18 heavy (non-hydrogen) atoms. The maximum absolute atomic E-state index is 11.7. The lowest BCUT2D eigenvalue weighted by Crippen LogP contribution is -2.50. The fraction of sp³-hybridized carbons (Fsp3) is 0.833. The van der Waals surface area contributed by atoms with E-state index in [-0.39, 0.29) is 30.6 Å². The molecule has 1 rings (SSSR count). The molecule has 104 valence electrons. The summed E-state index contributed by atoms with van der Waals surface area (Å²) in [5.74, 6) is -0.336. The minimum absolute atomic E-state index is 0.0430. The molecule has 6 nitrogen and oxygen atoms in total. The van der Waals surface area contributed by atoms with Crippen molar-refractivity contribution >= 4 is 11.9 Å². The van der Waals surface area contributed by atoms with Crippen LogP contribution in [0.25, 0.3) is 0 Å². The summed E-state index contributed by atoms with van der Waals surface area (Å²) < 4.78 is 0. The number of hydrogen-bond acceptors (Lipinski definition) is 4. The maximum Gasteiger partial charge on any atom is 0.321 e. The predicted octanol–water partition coefficient (Wildman–Crippen LogP) is 0.0674. The summed E-state index contributed by atoms with van der Waals surface area (Å²) in [5.41, 5.74) is -0.369. The number of nitrogens with zero attached hydrogens (tertiary/aromatic N) is 1. The summed E-state index contributed by atoms with van der Waals surface area (Å²) in [6, 6.07) is -0.436. The maximum atomic E-state index is 11.7. The molecule has 0 aromatic rings. The molecule has 0 aliphatic carbocycles. The molecule has 0 aromatic heterocycles. The molecule has 0 radical (unpaired) electrons. The van der Waals surface area contributed by atoms with Gasteiger partial charge < -0.3 is 10.4 Å². The summed E-state index contributed by atoms with van der Waals surface area (Å²) >= 11 is 0. The molecule has 1 saturated heterocycles. The smallest absolute Gasteiger partial charge is 0.321 e. The van der Waals surface area contributed by atoms with Gasteiger partial charge in [0.15, 0.2) is 0 Å². The van der Waals surface area contributed by atoms with Crippen LogP contribution in [0, 0.1) is 0 Å². The molecular formula is C12H23N3O3. The quantitative estimate of drug-likeness (QED) is 0.668. The first-order chi connectivity index (χ1) is 8.31. The first kappa shape index (κ1) is 14.9. The Kier molecular flexibility index (Phi) is 5.10. The Bertz CT molecular complexity index is 312. The van der Waals surface area contributed by atoms with E-state index in [0.717, 1.165) is 19.4 Å². The van der Waals surface area contributed by atoms with Crippen LogP contribution in [0.4, 0.5) is 4.79 Å². The molecular weight excluding hydrogens is 234 g/mol. The van der Waals surface area contributed by atoms with E-state index >= 15 is 0 Å². The lowest BCUT2D eigenvalue weighted by atomic mass is 10.1. The largest absolute Gasteiger partial charge is 0.395 e. The highest BCUT2D eigenvalue weighted by molar-refractivity contribution is 5.95. The lowest BCUT2D eigenvalue weighted by Gasteiger charge is -2.23. The van der Waals surface area contributed by atoms with Gasteiger partial charge in [-0.2, -0.15) is 0 Å². The van der Waals surface area contributed by atoms with Gasteiger partial charge in [-0.25, -0.2) is 4.79 Å². The lowest BCUT2D eigenvalue weighted by molar-refractivity contribution is -0.121. The van der Waals surface area contributed by atoms with Crippen LogP contribution < -0.4 is 10.6 Å². The van der Waals surface area contributed by atoms with Gasteiger partial charge in [0.1, 0.15) is 0 Å². The van der Waals surface area contributed by atoms with Crippen LogP contribution in [0.3, 0.4) is 0 Å². The normalized spacial score (nSPS) is 20.8. The van der Waals surface area contributed by atoms with Gasteiger partial charge in [0, 0.05) is 11.6 Å². The highest BCUT2D eigenvalue weighted by Gasteiger charge is 2.26. The number of hydrogen-bond donors (Lipinski definition) is 3. The summed E-state index contributed by atoms with van der Waals surface area (Å²) in [7, 11) is 0. The van der Waals surface area contributed by atoms with Crippen molar-refractivity contribution in [1.82, 2.24) is 15.5 Å². The molecule has 1 fully saturated rings. The first-order valence-electron chi connectivity index (χ1n) is 6.29. The van der Waals surface area contributed by atoms with Crippen molar-refractivity contribution in [3.8, 4) is 0 Å². The number of likely N-dealkylation sites (tertiary alicyclic amines) is 1. The average Bonchev–Trinajstić information content (AvgIpc) is 2.61. The van der Waals surface area contributed by atoms with Crippen LogP contribution in [0.15, 0.2) is 0 Å². The molecule has 3 N–H and O–H groups in total. The molecule has 0 unspecified atom stereocenters. The van der Waals surface area contributed by atoms with Gasteiger partial charge in [0.2, 0.25) is 5.91 Å². The van der Waals surface area contributed by atoms with Crippen LogP contribution in [0.2, 0.25) is 0 Å². The third kappa shape index (κ3) is 5.01. The van der Waals surface area contributed by atoms with E-state index in [4.69, 9.17) is 5.11 Å². The fourth-order valence-electron chi connectivity index (χ4n) is 2.03. The fourth-order valence-corrected chi connectivity index (χ4v) is 2.03. The summed E-state index contributed by atoms with van der Waals surface area (Å²) in [6.07, 6.45) is 1.88. The van der Waals surface area contributed by atoms with Crippen LogP contribution >= 0.6 is 0 Å². The molecule has 0 saturated carbocycles. The van der Waals surface area contributed by atoms with Gasteiger partial charge >= 0.3 is 6.03 Å². The van der Waals surface area contributed by atoms with E-state index in [1.807, 2.05) is 25.7 Å². The number of carbonyl (C=O) groups is 2. The zero-order chi connectivity index (χ0) is 13.8. The number of aliphatic hydroxyl groups excluding tert-OH is 1. The molecule has 0 aromatic carbocycles. The second kappa shape index (κ2) is 6.15. The number of urea groups is 1. The van der Waals surface area contributed by atoms with Crippen LogP contribution in [0.5, 0.6) is 0 Å². The van der Waals surface area contributed by atoms with Gasteiger partial charge in [-0.1, -0.05) is 0 Å². The molecule has 1 aliphatic rings. The molecule has 1 heterocycles. The Morgan fingerprint density at radius 3 is 2.61 bits per heavy atom. The second-order valence-electron chi connectivity index (χ2n) is 5.70. The van der Waals surface area contributed by atoms with Crippen LogP contribution in [0.1, 0.15) is 33.6 Å². The standard InChI is InChI=1S/C12H23N3O3/c1-12(2,3)14-11(18)13-10(17)7-15-6-4-5-9(15)8-16/h9,16H,4-8H2,1-3H3,(H2,13,14,17,18)/t9-/m1/s1. The van der Waals surface area contributed by atoms with E-state index in [1.165, 1.54) is 0 Å². The van der Waals surface area contributed by atoms with Crippen molar-refractivity contribution in [2.24, 2.45) is 0 Å². The topological polar surface area (TPSA) is 81.7 Å². The van der Waals surface area contributed by atoms with Gasteiger partial charge in [-0.3, -0.25) is 15.0 Å². The van der Waals surface area contributed by atoms with Gasteiger partial charge in [-0.15, -0.1) is 0 Å². The molecule has 6 heteroatoms. The Balaban J connectivity index is 2.35. The molecule has 3 amide bonds. The second-order valence-corrected chi connectivity index (χ2v) is 5.70. The Labute approximate surface area is 108 Å². The van der Waals surface area contributed by atoms with E-state index in [2.05, 4.69) is 10.6 Å². The van der Waals surface area contributed by atoms with E-state index in [9.17, 15) is 9.59 Å². The average molecular weight is 257 g/mol. The summed E-state index contributed by atoms with van der Waals surface area (Å²) in [5, 5.41) is 14.1. The molecule has 1 aliphatic heterocycles. The van der Waals surface area contributed by atoms with Crippen LogP contribution in [-0.2, 0) is 4.79 Å². The highest BCUT2D eigenvalue weighted by Crippen LogP contribution is 2.15. The zero-order valence-corrected chi connectivity index (χ0v) is 11.3. The number of amides is 3. The van der Waals surface area contributed by atoms with Crippen molar-refractivity contribution in [3.05, 3.63) is 0 Å². The van der Waals surface area contributed by atoms with Gasteiger partial charge in [0.25, 0.3) is 0 Å². The Morgan fingerprint density at radius 1 is 1.39 bits per heavy atom. The Morgan fingerprint density at radius 2 is 2.06 bits per heavy atom. The molecule has 0 spiro atoms. The van der Waals surface area contributed by atoms with Gasteiger partial charge in [0.05, 0.1) is 13.2 Å². The number of aliphatic hydroxyl groups is 1. The van der Waals surface area contributed by atoms with E-state index in [0.29, 0.717) is 0 Å². The van der Waals surface area contributed by atoms with Crippen molar-refractivity contribution in [2.45, 2.75) is 45.2 Å². The minimum Gasteiger partial charge on any atom is -0.395 e. The Hall–Kier alpha value is -1.14. The number of carbonyl (C=O) groups excluding carboxylic acids is 2. The van der Waals surface area contributed by atoms with Crippen molar-refractivity contribution in [1.29, 1.82) is 0 Å². The molecule has 0 bridgehead atoms. The number of rotatable bonds is 3. The third-order valence-corrected chi connectivity index (χ3v) is 2.80. The first-order valence-corrected chi connectivity index (χ1v) is 6.29. The highest BCUT2D eigenvalue weighted by atomic mass is 16.3. The summed E-state index contributed by atoms with van der Waals surface area (Å²) in [6.45, 7) is 6.54. The SMILES string of the molecule is CC(C)(C)NC(=O)NC(=O)CN1CCC[C@@H]1CO. The predicted molar refractivity (Wildman–Crippen MR) is 68.1 cm³/mol. The summed E-state index contributed by atoms with van der Waals surface area (Å²) in [4.78, 5) is 25.0. The minimum atomic E-state index is -0.479. The van der Waals surface area contributed by atoms with Gasteiger partial charge in [-0.05, 0) is 40.2 Å². The van der Waals surface area contributed by atoms with Crippen LogP contribution in [-0.4, -0.2) is 53.2 Å². The molecule has 1 atom stereocenters. The number of nitrogens with one attached hydrogen (secondary N) is 2. The zero-order valence-electron chi connectivity index (χ0n) is 11.3. The number of imide groups is 1. The van der Waals surface area contributed by atoms with Crippen molar-refractivity contribution in [2.75, 3.05) is 19.7 Å². The van der Waals surface area contributed by atoms with E-state index in [1.54, 1.807) is 0 Å². The monoisotopic (exact) mass is 257 g/mol. The van der Waals surface area contributed by atoms with Crippen molar-refractivity contribution < 1.29 is 14.7 Å². The van der Waals surface area contributed by atoms with E-state index < -0.39 is 6.03 Å². The third-order valence-electron chi connectivity index (χ3n) is 2.80.